The SMILES string of the molecule is COc1cc(CN(C)CC(C)C(=O)O)cc2ccccc12. The summed E-state index contributed by atoms with van der Waals surface area (Å²) < 4.78 is 5.46. The number of fused-ring (bicyclic) bond motifs is 1. The lowest BCUT2D eigenvalue weighted by Gasteiger charge is -2.20. The van der Waals surface area contributed by atoms with E-state index >= 15 is 0 Å². The van der Waals surface area contributed by atoms with Crippen molar-refractivity contribution >= 4 is 16.7 Å². The number of hydrogen-bond acceptors (Lipinski definition) is 3. The van der Waals surface area contributed by atoms with Crippen LogP contribution in [0, 0.1) is 5.92 Å². The number of hydrogen-bond donors (Lipinski definition) is 1. The average Bonchev–Trinajstić information content (AvgIpc) is 2.46. The van der Waals surface area contributed by atoms with Gasteiger partial charge in [0, 0.05) is 18.5 Å². The van der Waals surface area contributed by atoms with Crippen LogP contribution in [0.1, 0.15) is 12.5 Å². The molecule has 112 valence electrons. The van der Waals surface area contributed by atoms with Gasteiger partial charge < -0.3 is 14.7 Å². The molecule has 1 atom stereocenters. The number of carbonyl (C=O) groups is 1. The molecule has 0 aliphatic carbocycles. The topological polar surface area (TPSA) is 49.8 Å². The number of carboxylic acid groups (broad SMARTS) is 1. The molecule has 0 aliphatic heterocycles. The van der Waals surface area contributed by atoms with E-state index in [1.54, 1.807) is 14.0 Å². The number of aliphatic carboxylic acids is 1. The van der Waals surface area contributed by atoms with Crippen molar-refractivity contribution in [3.05, 3.63) is 42.0 Å². The van der Waals surface area contributed by atoms with E-state index in [-0.39, 0.29) is 5.92 Å². The van der Waals surface area contributed by atoms with E-state index in [0.29, 0.717) is 13.1 Å². The summed E-state index contributed by atoms with van der Waals surface area (Å²) in [5, 5.41) is 11.2. The zero-order chi connectivity index (χ0) is 15.4. The molecule has 21 heavy (non-hydrogen) atoms. The van der Waals surface area contributed by atoms with E-state index in [4.69, 9.17) is 9.84 Å². The molecule has 0 heterocycles. The zero-order valence-corrected chi connectivity index (χ0v) is 12.7. The Balaban J connectivity index is 2.20. The first-order valence-electron chi connectivity index (χ1n) is 6.98. The van der Waals surface area contributed by atoms with Crippen LogP contribution >= 0.6 is 0 Å². The molecule has 0 aromatic heterocycles. The number of methoxy groups -OCH3 is 1. The van der Waals surface area contributed by atoms with E-state index < -0.39 is 5.97 Å². The van der Waals surface area contributed by atoms with E-state index in [2.05, 4.69) is 12.1 Å². The maximum atomic E-state index is 10.9. The molecule has 0 bridgehead atoms. The Hall–Kier alpha value is -2.07. The summed E-state index contributed by atoms with van der Waals surface area (Å²) in [4.78, 5) is 12.9. The van der Waals surface area contributed by atoms with E-state index in [1.165, 1.54) is 0 Å². The summed E-state index contributed by atoms with van der Waals surface area (Å²) in [6, 6.07) is 12.2. The van der Waals surface area contributed by atoms with Gasteiger partial charge in [0.2, 0.25) is 0 Å². The molecule has 0 saturated carbocycles. The fourth-order valence-corrected chi connectivity index (χ4v) is 2.52. The summed E-state index contributed by atoms with van der Waals surface area (Å²) in [5.41, 5.74) is 1.12. The monoisotopic (exact) mass is 287 g/mol. The molecule has 0 fully saturated rings. The second-order valence-electron chi connectivity index (χ2n) is 5.46. The maximum absolute atomic E-state index is 10.9. The molecule has 0 aliphatic rings. The number of ether oxygens (including phenoxy) is 1. The van der Waals surface area contributed by atoms with Crippen molar-refractivity contribution in [1.82, 2.24) is 4.90 Å². The van der Waals surface area contributed by atoms with Crippen LogP contribution in [0.3, 0.4) is 0 Å². The second-order valence-corrected chi connectivity index (χ2v) is 5.46. The molecule has 1 unspecified atom stereocenters. The van der Waals surface area contributed by atoms with Gasteiger partial charge in [-0.2, -0.15) is 0 Å². The first-order valence-corrected chi connectivity index (χ1v) is 6.98. The third-order valence-electron chi connectivity index (χ3n) is 3.56. The van der Waals surface area contributed by atoms with Gasteiger partial charge in [-0.05, 0) is 30.1 Å². The lowest BCUT2D eigenvalue weighted by atomic mass is 10.0. The summed E-state index contributed by atoms with van der Waals surface area (Å²) in [6.45, 7) is 2.93. The first kappa shape index (κ1) is 15.3. The number of carboxylic acids is 1. The standard InChI is InChI=1S/C17H21NO3/c1-12(17(19)20)10-18(2)11-13-8-14-6-4-5-7-15(14)16(9-13)21-3/h4-9,12H,10-11H2,1-3H3,(H,19,20). The van der Waals surface area contributed by atoms with Crippen LogP contribution in [0.5, 0.6) is 5.75 Å². The van der Waals surface area contributed by atoms with Gasteiger partial charge in [0.05, 0.1) is 13.0 Å². The Bertz CT molecular complexity index is 639. The normalized spacial score (nSPS) is 12.6. The minimum absolute atomic E-state index is 0.377. The smallest absolute Gasteiger partial charge is 0.307 e. The summed E-state index contributed by atoms with van der Waals surface area (Å²) in [5.74, 6) is -0.293. The third-order valence-corrected chi connectivity index (χ3v) is 3.56. The molecule has 4 nitrogen and oxygen atoms in total. The Morgan fingerprint density at radius 2 is 2.05 bits per heavy atom. The van der Waals surface area contributed by atoms with Crippen LogP contribution in [0.4, 0.5) is 0 Å². The van der Waals surface area contributed by atoms with E-state index in [1.807, 2.05) is 36.2 Å². The molecular weight excluding hydrogens is 266 g/mol. The lowest BCUT2D eigenvalue weighted by Crippen LogP contribution is -2.28. The van der Waals surface area contributed by atoms with Gasteiger partial charge in [-0.3, -0.25) is 4.79 Å². The van der Waals surface area contributed by atoms with Gasteiger partial charge in [0.1, 0.15) is 5.75 Å². The summed E-state index contributed by atoms with van der Waals surface area (Å²) in [6.07, 6.45) is 0. The van der Waals surface area contributed by atoms with E-state index in [0.717, 1.165) is 22.1 Å². The highest BCUT2D eigenvalue weighted by Crippen LogP contribution is 2.27. The molecule has 4 heteroatoms. The molecule has 0 saturated heterocycles. The van der Waals surface area contributed by atoms with Gasteiger partial charge in [0.15, 0.2) is 0 Å². The fraction of sp³-hybridized carbons (Fsp3) is 0.353. The van der Waals surface area contributed by atoms with Crippen molar-refractivity contribution in [2.45, 2.75) is 13.5 Å². The van der Waals surface area contributed by atoms with Gasteiger partial charge >= 0.3 is 5.97 Å². The minimum atomic E-state index is -0.766. The Kier molecular flexibility index (Phi) is 4.81. The first-order chi connectivity index (χ1) is 10.0. The molecule has 1 N–H and O–H groups in total. The quantitative estimate of drug-likeness (QED) is 0.887. The van der Waals surface area contributed by atoms with Crippen LogP contribution in [0.25, 0.3) is 10.8 Å². The molecule has 0 radical (unpaired) electrons. The predicted molar refractivity (Wildman–Crippen MR) is 83.6 cm³/mol. The Morgan fingerprint density at radius 1 is 1.33 bits per heavy atom. The summed E-state index contributed by atoms with van der Waals surface area (Å²) in [7, 11) is 3.60. The highest BCUT2D eigenvalue weighted by atomic mass is 16.5. The minimum Gasteiger partial charge on any atom is -0.496 e. The van der Waals surface area contributed by atoms with Crippen LogP contribution in [-0.2, 0) is 11.3 Å². The van der Waals surface area contributed by atoms with Crippen molar-refractivity contribution in [1.29, 1.82) is 0 Å². The van der Waals surface area contributed by atoms with Crippen molar-refractivity contribution in [2.75, 3.05) is 20.7 Å². The van der Waals surface area contributed by atoms with Crippen LogP contribution in [-0.4, -0.2) is 36.7 Å². The second kappa shape index (κ2) is 6.59. The maximum Gasteiger partial charge on any atom is 0.307 e. The van der Waals surface area contributed by atoms with Crippen LogP contribution in [0.15, 0.2) is 36.4 Å². The van der Waals surface area contributed by atoms with Crippen molar-refractivity contribution in [2.24, 2.45) is 5.92 Å². The highest BCUT2D eigenvalue weighted by Gasteiger charge is 2.14. The lowest BCUT2D eigenvalue weighted by molar-refractivity contribution is -0.141. The zero-order valence-electron chi connectivity index (χ0n) is 12.7. The van der Waals surface area contributed by atoms with Gasteiger partial charge in [-0.25, -0.2) is 0 Å². The third kappa shape index (κ3) is 3.73. The predicted octanol–water partition coefficient (Wildman–Crippen LogP) is 3.00. The Morgan fingerprint density at radius 3 is 2.71 bits per heavy atom. The molecular formula is C17H21NO3. The van der Waals surface area contributed by atoms with Crippen LogP contribution < -0.4 is 4.74 Å². The number of benzene rings is 2. The highest BCUT2D eigenvalue weighted by molar-refractivity contribution is 5.89. The van der Waals surface area contributed by atoms with Crippen LogP contribution in [0.2, 0.25) is 0 Å². The van der Waals surface area contributed by atoms with Gasteiger partial charge in [-0.1, -0.05) is 31.2 Å². The summed E-state index contributed by atoms with van der Waals surface area (Å²) >= 11 is 0. The van der Waals surface area contributed by atoms with Crippen molar-refractivity contribution in [3.8, 4) is 5.75 Å². The number of nitrogens with zero attached hydrogens (tertiary/aromatic N) is 1. The Labute approximate surface area is 124 Å². The van der Waals surface area contributed by atoms with Gasteiger partial charge in [-0.15, -0.1) is 0 Å². The largest absolute Gasteiger partial charge is 0.496 e. The molecule has 2 rings (SSSR count). The van der Waals surface area contributed by atoms with Crippen molar-refractivity contribution in [3.63, 3.8) is 0 Å². The van der Waals surface area contributed by atoms with Gasteiger partial charge in [0.25, 0.3) is 0 Å². The van der Waals surface area contributed by atoms with E-state index in [9.17, 15) is 4.79 Å². The molecule has 2 aromatic rings. The molecule has 2 aromatic carbocycles. The number of rotatable bonds is 6. The van der Waals surface area contributed by atoms with Crippen molar-refractivity contribution < 1.29 is 14.6 Å². The fourth-order valence-electron chi connectivity index (χ4n) is 2.52. The molecule has 0 amide bonds. The average molecular weight is 287 g/mol. The molecule has 0 spiro atoms.